The van der Waals surface area contributed by atoms with Crippen molar-refractivity contribution in [2.24, 2.45) is 0 Å². The monoisotopic (exact) mass is 632 g/mol. The fraction of sp³-hybridized carbons (Fsp3) is 0.393. The molecule has 2 N–H and O–H groups in total. The molecule has 0 saturated carbocycles. The van der Waals surface area contributed by atoms with Gasteiger partial charge in [0, 0.05) is 30.5 Å². The van der Waals surface area contributed by atoms with E-state index >= 15 is 0 Å². The van der Waals surface area contributed by atoms with Crippen LogP contribution in [-0.2, 0) is 29.1 Å². The standard InChI is InChI=1S/C14H14FN3O3S.C14H16FN3O2S/c15-10-8-18(7-9-3-1-5-21-9)14(20)17-12(10)16-13(19)11-4-2-6-22-11;15-12-9-18(8-10-3-1-5-20-10)14(19)17-13(12)16-7-11-4-2-6-21-11/h2,4,6,8-9H,1,3,5,7H2,(H,16,17,19,20);2,4,6,9-10H,1,3,5,7-8H2,(H,16,17,19). The third-order valence-corrected chi connectivity index (χ3v) is 8.48. The van der Waals surface area contributed by atoms with Crippen molar-refractivity contribution in [2.45, 2.75) is 57.5 Å². The van der Waals surface area contributed by atoms with Gasteiger partial charge in [0.2, 0.25) is 0 Å². The summed E-state index contributed by atoms with van der Waals surface area (Å²) < 4.78 is 41.4. The first kappa shape index (κ1) is 30.7. The highest BCUT2D eigenvalue weighted by Gasteiger charge is 2.20. The molecule has 4 aromatic heterocycles. The summed E-state index contributed by atoms with van der Waals surface area (Å²) in [4.78, 5) is 44.6. The van der Waals surface area contributed by atoms with E-state index in [1.165, 1.54) is 26.7 Å². The summed E-state index contributed by atoms with van der Waals surface area (Å²) in [6.07, 6.45) is 5.80. The molecule has 228 valence electrons. The molecule has 2 atom stereocenters. The predicted molar refractivity (Wildman–Crippen MR) is 159 cm³/mol. The lowest BCUT2D eigenvalue weighted by Crippen LogP contribution is -2.30. The van der Waals surface area contributed by atoms with Crippen molar-refractivity contribution in [1.82, 2.24) is 19.1 Å². The lowest BCUT2D eigenvalue weighted by molar-refractivity contribution is 0.0954. The van der Waals surface area contributed by atoms with Gasteiger partial charge in [-0.2, -0.15) is 9.97 Å². The first-order valence-electron chi connectivity index (χ1n) is 13.7. The molecule has 2 unspecified atom stereocenters. The van der Waals surface area contributed by atoms with E-state index in [0.717, 1.165) is 36.8 Å². The Morgan fingerprint density at radius 2 is 1.47 bits per heavy atom. The Kier molecular flexibility index (Phi) is 10.4. The Morgan fingerprint density at radius 3 is 2.00 bits per heavy atom. The van der Waals surface area contributed by atoms with Gasteiger partial charge in [-0.15, -0.1) is 22.7 Å². The molecule has 2 fully saturated rings. The summed E-state index contributed by atoms with van der Waals surface area (Å²) in [6, 6.07) is 7.18. The van der Waals surface area contributed by atoms with Crippen LogP contribution in [0.4, 0.5) is 20.4 Å². The van der Waals surface area contributed by atoms with E-state index in [2.05, 4.69) is 20.6 Å². The van der Waals surface area contributed by atoms with Crippen LogP contribution in [0.25, 0.3) is 0 Å². The molecule has 11 nitrogen and oxygen atoms in total. The quantitative estimate of drug-likeness (QED) is 0.282. The predicted octanol–water partition coefficient (Wildman–Crippen LogP) is 4.11. The molecule has 2 aliphatic rings. The molecule has 15 heteroatoms. The van der Waals surface area contributed by atoms with Crippen molar-refractivity contribution >= 4 is 40.2 Å². The van der Waals surface area contributed by atoms with Crippen LogP contribution in [-0.4, -0.2) is 50.4 Å². The number of hydrogen-bond acceptors (Lipinski definition) is 10. The topological polar surface area (TPSA) is 129 Å². The molecule has 2 saturated heterocycles. The molecule has 43 heavy (non-hydrogen) atoms. The average molecular weight is 633 g/mol. The van der Waals surface area contributed by atoms with Gasteiger partial charge < -0.3 is 20.1 Å². The summed E-state index contributed by atoms with van der Waals surface area (Å²) in [6.45, 7) is 2.44. The first-order valence-corrected chi connectivity index (χ1v) is 15.5. The van der Waals surface area contributed by atoms with E-state index in [1.807, 2.05) is 17.5 Å². The van der Waals surface area contributed by atoms with Crippen molar-refractivity contribution < 1.29 is 23.0 Å². The minimum absolute atomic E-state index is 0.00279. The average Bonchev–Trinajstić information content (AvgIpc) is 3.81. The normalized spacial score (nSPS) is 17.8. The van der Waals surface area contributed by atoms with E-state index < -0.39 is 28.9 Å². The Bertz CT molecular complexity index is 1620. The second kappa shape index (κ2) is 14.6. The van der Waals surface area contributed by atoms with E-state index in [1.54, 1.807) is 28.8 Å². The molecule has 0 aliphatic carbocycles. The van der Waals surface area contributed by atoms with E-state index in [0.29, 0.717) is 31.2 Å². The first-order chi connectivity index (χ1) is 20.9. The minimum atomic E-state index is -0.748. The second-order valence-corrected chi connectivity index (χ2v) is 11.9. The van der Waals surface area contributed by atoms with Crippen LogP contribution in [0.2, 0.25) is 0 Å². The zero-order valence-electron chi connectivity index (χ0n) is 23.0. The third kappa shape index (κ3) is 8.40. The van der Waals surface area contributed by atoms with Gasteiger partial charge >= 0.3 is 11.4 Å². The van der Waals surface area contributed by atoms with E-state index in [9.17, 15) is 23.2 Å². The lowest BCUT2D eigenvalue weighted by Gasteiger charge is -2.12. The van der Waals surface area contributed by atoms with Gasteiger partial charge in [-0.25, -0.2) is 18.4 Å². The summed E-state index contributed by atoms with van der Waals surface area (Å²) in [5.74, 6) is -2.12. The number of nitrogens with zero attached hydrogens (tertiary/aromatic N) is 4. The van der Waals surface area contributed by atoms with Gasteiger partial charge in [-0.3, -0.25) is 13.9 Å². The van der Waals surface area contributed by atoms with Gasteiger partial charge in [0.15, 0.2) is 23.3 Å². The number of thiophene rings is 2. The second-order valence-electron chi connectivity index (χ2n) is 9.88. The zero-order valence-corrected chi connectivity index (χ0v) is 24.7. The van der Waals surface area contributed by atoms with Gasteiger partial charge in [0.05, 0.1) is 36.7 Å². The molecular formula is C28H30F2N6O5S2. The number of carbonyl (C=O) groups is 1. The van der Waals surface area contributed by atoms with Gasteiger partial charge in [-0.05, 0) is 48.6 Å². The zero-order chi connectivity index (χ0) is 30.2. The van der Waals surface area contributed by atoms with Gasteiger partial charge in [0.1, 0.15) is 0 Å². The number of amides is 1. The van der Waals surface area contributed by atoms with Crippen molar-refractivity contribution in [2.75, 3.05) is 23.8 Å². The highest BCUT2D eigenvalue weighted by atomic mass is 32.1. The minimum Gasteiger partial charge on any atom is -0.376 e. The largest absolute Gasteiger partial charge is 0.376 e. The van der Waals surface area contributed by atoms with Gasteiger partial charge in [0.25, 0.3) is 5.91 Å². The maximum atomic E-state index is 14.0. The summed E-state index contributed by atoms with van der Waals surface area (Å²) in [7, 11) is 0. The Labute approximate surface area is 253 Å². The Morgan fingerprint density at radius 1 is 0.884 bits per heavy atom. The highest BCUT2D eigenvalue weighted by molar-refractivity contribution is 7.12. The van der Waals surface area contributed by atoms with Crippen LogP contribution in [0.1, 0.15) is 40.2 Å². The number of rotatable bonds is 9. The number of hydrogen-bond donors (Lipinski definition) is 2. The number of aromatic nitrogens is 4. The van der Waals surface area contributed by atoms with E-state index in [-0.39, 0.29) is 30.4 Å². The summed E-state index contributed by atoms with van der Waals surface area (Å²) in [5, 5.41) is 8.85. The van der Waals surface area contributed by atoms with Crippen LogP contribution in [0.5, 0.6) is 0 Å². The lowest BCUT2D eigenvalue weighted by atomic mass is 10.2. The molecule has 0 spiro atoms. The summed E-state index contributed by atoms with van der Waals surface area (Å²) >= 11 is 2.79. The molecule has 0 radical (unpaired) electrons. The molecule has 6 rings (SSSR count). The number of nitrogens with one attached hydrogen (secondary N) is 2. The molecule has 0 bridgehead atoms. The summed E-state index contributed by atoms with van der Waals surface area (Å²) in [5.41, 5.74) is -1.07. The number of ether oxygens (including phenoxy) is 2. The molecule has 1 amide bonds. The molecule has 6 heterocycles. The smallest absolute Gasteiger partial charge is 0.349 e. The van der Waals surface area contributed by atoms with Gasteiger partial charge in [-0.1, -0.05) is 12.1 Å². The van der Waals surface area contributed by atoms with Crippen molar-refractivity contribution in [3.05, 3.63) is 89.8 Å². The fourth-order valence-corrected chi connectivity index (χ4v) is 5.85. The Balaban J connectivity index is 0.000000171. The van der Waals surface area contributed by atoms with Crippen molar-refractivity contribution in [3.8, 4) is 0 Å². The maximum Gasteiger partial charge on any atom is 0.349 e. The molecule has 2 aliphatic heterocycles. The number of halogens is 2. The fourth-order valence-electron chi connectivity index (χ4n) is 4.58. The van der Waals surface area contributed by atoms with E-state index in [4.69, 9.17) is 9.47 Å². The molecule has 0 aromatic carbocycles. The molecular weight excluding hydrogens is 602 g/mol. The molecule has 4 aromatic rings. The maximum absolute atomic E-state index is 14.0. The third-order valence-electron chi connectivity index (χ3n) is 6.73. The van der Waals surface area contributed by atoms with Crippen LogP contribution < -0.4 is 22.0 Å². The number of anilines is 2. The van der Waals surface area contributed by atoms with Crippen LogP contribution in [0.3, 0.4) is 0 Å². The van der Waals surface area contributed by atoms with Crippen LogP contribution >= 0.6 is 22.7 Å². The van der Waals surface area contributed by atoms with Crippen LogP contribution in [0, 0.1) is 11.6 Å². The number of carbonyl (C=O) groups excluding carboxylic acids is 1. The van der Waals surface area contributed by atoms with Crippen molar-refractivity contribution in [1.29, 1.82) is 0 Å². The van der Waals surface area contributed by atoms with Crippen molar-refractivity contribution in [3.63, 3.8) is 0 Å². The van der Waals surface area contributed by atoms with Crippen LogP contribution in [0.15, 0.2) is 57.0 Å². The SMILES string of the molecule is O=C(Nc1nc(=O)n(CC2CCCO2)cc1F)c1cccs1.O=c1nc(NCc2cccs2)c(F)cn1CC1CCCO1. The Hall–Kier alpha value is -3.79. The highest BCUT2D eigenvalue weighted by Crippen LogP contribution is 2.17.